The second-order valence-electron chi connectivity index (χ2n) is 5.69. The Morgan fingerprint density at radius 2 is 1.60 bits per heavy atom. The van der Waals surface area contributed by atoms with Gasteiger partial charge in [0.15, 0.2) is 11.5 Å². The first-order valence-corrected chi connectivity index (χ1v) is 8.06. The van der Waals surface area contributed by atoms with E-state index >= 15 is 0 Å². The Hall–Kier alpha value is -3.25. The van der Waals surface area contributed by atoms with Crippen LogP contribution in [0.4, 0.5) is 5.82 Å². The Bertz CT molecular complexity index is 969. The molecule has 2 N–H and O–H groups in total. The lowest BCUT2D eigenvalue weighted by Crippen LogP contribution is -2.13. The fourth-order valence-corrected chi connectivity index (χ4v) is 2.64. The van der Waals surface area contributed by atoms with Crippen LogP contribution in [0.3, 0.4) is 0 Å². The molecule has 2 aromatic heterocycles. The van der Waals surface area contributed by atoms with E-state index in [0.717, 1.165) is 11.1 Å². The summed E-state index contributed by atoms with van der Waals surface area (Å²) in [6, 6.07) is 23.0. The maximum absolute atomic E-state index is 10.3. The fraction of sp³-hybridized carbons (Fsp3) is 0.105. The number of aliphatic hydroxyl groups excluding tert-OH is 1. The summed E-state index contributed by atoms with van der Waals surface area (Å²) in [4.78, 5) is 0. The SMILES string of the molecule is OC(CNc1ccc2nnc(-c3ccccc3)n2n1)c1ccccc1. The van der Waals surface area contributed by atoms with Crippen molar-refractivity contribution in [3.05, 3.63) is 78.4 Å². The summed E-state index contributed by atoms with van der Waals surface area (Å²) in [6.07, 6.45) is -0.604. The molecule has 4 rings (SSSR count). The van der Waals surface area contributed by atoms with Crippen LogP contribution in [-0.2, 0) is 0 Å². The first kappa shape index (κ1) is 15.3. The van der Waals surface area contributed by atoms with E-state index in [1.807, 2.05) is 72.8 Å². The van der Waals surface area contributed by atoms with Gasteiger partial charge in [-0.1, -0.05) is 60.7 Å². The number of benzene rings is 2. The molecule has 25 heavy (non-hydrogen) atoms. The van der Waals surface area contributed by atoms with Crippen LogP contribution in [0.2, 0.25) is 0 Å². The number of aromatic nitrogens is 4. The lowest BCUT2D eigenvalue weighted by atomic mass is 10.1. The second-order valence-corrected chi connectivity index (χ2v) is 5.69. The maximum Gasteiger partial charge on any atom is 0.185 e. The summed E-state index contributed by atoms with van der Waals surface area (Å²) in [6.45, 7) is 0.366. The molecule has 1 unspecified atom stereocenters. The van der Waals surface area contributed by atoms with E-state index in [0.29, 0.717) is 23.8 Å². The third-order valence-corrected chi connectivity index (χ3v) is 3.96. The van der Waals surface area contributed by atoms with Crippen molar-refractivity contribution < 1.29 is 5.11 Å². The molecule has 6 nitrogen and oxygen atoms in total. The molecule has 0 fully saturated rings. The molecule has 1 atom stereocenters. The highest BCUT2D eigenvalue weighted by Gasteiger charge is 2.11. The monoisotopic (exact) mass is 331 g/mol. The Morgan fingerprint density at radius 1 is 0.880 bits per heavy atom. The van der Waals surface area contributed by atoms with Crippen molar-refractivity contribution in [1.29, 1.82) is 0 Å². The van der Waals surface area contributed by atoms with Crippen LogP contribution >= 0.6 is 0 Å². The number of nitrogens with zero attached hydrogens (tertiary/aromatic N) is 4. The number of aliphatic hydroxyl groups is 1. The zero-order chi connectivity index (χ0) is 17.1. The minimum atomic E-state index is -0.604. The molecule has 0 saturated heterocycles. The van der Waals surface area contributed by atoms with E-state index in [9.17, 15) is 5.11 Å². The first-order valence-electron chi connectivity index (χ1n) is 8.06. The Kier molecular flexibility index (Phi) is 4.10. The Labute approximate surface area is 144 Å². The molecule has 6 heteroatoms. The standard InChI is InChI=1S/C19H17N5O/c25-16(14-7-3-1-4-8-14)13-20-17-11-12-18-21-22-19(24(18)23-17)15-9-5-2-6-10-15/h1-12,16,25H,13H2,(H,20,23). The lowest BCUT2D eigenvalue weighted by molar-refractivity contribution is 0.191. The molecule has 0 radical (unpaired) electrons. The number of hydrogen-bond donors (Lipinski definition) is 2. The van der Waals surface area contributed by atoms with Crippen molar-refractivity contribution in [3.63, 3.8) is 0 Å². The molecular formula is C19H17N5O. The van der Waals surface area contributed by atoms with Crippen LogP contribution in [0.15, 0.2) is 72.8 Å². The summed E-state index contributed by atoms with van der Waals surface area (Å²) >= 11 is 0. The minimum absolute atomic E-state index is 0.366. The number of nitrogens with one attached hydrogen (secondary N) is 1. The predicted molar refractivity (Wildman–Crippen MR) is 96.1 cm³/mol. The van der Waals surface area contributed by atoms with Crippen LogP contribution in [0.5, 0.6) is 0 Å². The van der Waals surface area contributed by atoms with E-state index in [1.54, 1.807) is 4.52 Å². The summed E-state index contributed by atoms with van der Waals surface area (Å²) in [7, 11) is 0. The molecule has 0 aliphatic rings. The quantitative estimate of drug-likeness (QED) is 0.588. The van der Waals surface area contributed by atoms with Gasteiger partial charge < -0.3 is 10.4 Å². The van der Waals surface area contributed by atoms with Gasteiger partial charge in [-0.05, 0) is 17.7 Å². The molecule has 0 saturated carbocycles. The Balaban J connectivity index is 1.57. The van der Waals surface area contributed by atoms with Crippen LogP contribution in [0.25, 0.3) is 17.0 Å². The van der Waals surface area contributed by atoms with Crippen LogP contribution in [0.1, 0.15) is 11.7 Å². The van der Waals surface area contributed by atoms with Gasteiger partial charge in [0.2, 0.25) is 0 Å². The second kappa shape index (κ2) is 6.70. The molecular weight excluding hydrogens is 314 g/mol. The van der Waals surface area contributed by atoms with Crippen molar-refractivity contribution in [2.75, 3.05) is 11.9 Å². The molecule has 4 aromatic rings. The molecule has 0 aliphatic heterocycles. The van der Waals surface area contributed by atoms with Gasteiger partial charge in [0.05, 0.1) is 6.10 Å². The zero-order valence-electron chi connectivity index (χ0n) is 13.4. The average Bonchev–Trinajstić information content (AvgIpc) is 3.10. The minimum Gasteiger partial charge on any atom is -0.387 e. The van der Waals surface area contributed by atoms with Crippen molar-refractivity contribution in [2.45, 2.75) is 6.10 Å². The van der Waals surface area contributed by atoms with Gasteiger partial charge in [0.1, 0.15) is 5.82 Å². The van der Waals surface area contributed by atoms with Gasteiger partial charge >= 0.3 is 0 Å². The molecule has 0 amide bonds. The third kappa shape index (κ3) is 3.20. The summed E-state index contributed by atoms with van der Waals surface area (Å²) < 4.78 is 1.70. The van der Waals surface area contributed by atoms with Gasteiger partial charge in [-0.25, -0.2) is 0 Å². The van der Waals surface area contributed by atoms with Crippen LogP contribution < -0.4 is 5.32 Å². The van der Waals surface area contributed by atoms with Gasteiger partial charge in [0, 0.05) is 12.1 Å². The third-order valence-electron chi connectivity index (χ3n) is 3.96. The van der Waals surface area contributed by atoms with Crippen LogP contribution in [0, 0.1) is 0 Å². The highest BCUT2D eigenvalue weighted by Crippen LogP contribution is 2.18. The number of anilines is 1. The van der Waals surface area contributed by atoms with Gasteiger partial charge in [-0.15, -0.1) is 15.3 Å². The van der Waals surface area contributed by atoms with Crippen molar-refractivity contribution in [2.24, 2.45) is 0 Å². The summed E-state index contributed by atoms with van der Waals surface area (Å²) in [5, 5.41) is 26.4. The van der Waals surface area contributed by atoms with E-state index in [1.165, 1.54) is 0 Å². The van der Waals surface area contributed by atoms with E-state index in [2.05, 4.69) is 20.6 Å². The zero-order valence-corrected chi connectivity index (χ0v) is 13.4. The van der Waals surface area contributed by atoms with Gasteiger partial charge in [0.25, 0.3) is 0 Å². The van der Waals surface area contributed by atoms with E-state index < -0.39 is 6.10 Å². The van der Waals surface area contributed by atoms with Gasteiger partial charge in [-0.3, -0.25) is 0 Å². The molecule has 0 spiro atoms. The van der Waals surface area contributed by atoms with Crippen molar-refractivity contribution in [3.8, 4) is 11.4 Å². The number of hydrogen-bond acceptors (Lipinski definition) is 5. The normalized spacial score (nSPS) is 12.2. The average molecular weight is 331 g/mol. The molecule has 0 aliphatic carbocycles. The largest absolute Gasteiger partial charge is 0.387 e. The lowest BCUT2D eigenvalue weighted by Gasteiger charge is -2.12. The van der Waals surface area contributed by atoms with E-state index in [-0.39, 0.29) is 0 Å². The van der Waals surface area contributed by atoms with Gasteiger partial charge in [-0.2, -0.15) is 4.52 Å². The molecule has 124 valence electrons. The van der Waals surface area contributed by atoms with Crippen molar-refractivity contribution in [1.82, 2.24) is 19.8 Å². The molecule has 2 heterocycles. The first-order chi connectivity index (χ1) is 12.3. The number of fused-ring (bicyclic) bond motifs is 1. The summed E-state index contributed by atoms with van der Waals surface area (Å²) in [5.41, 5.74) is 2.49. The number of rotatable bonds is 5. The van der Waals surface area contributed by atoms with Crippen molar-refractivity contribution >= 4 is 11.5 Å². The summed E-state index contributed by atoms with van der Waals surface area (Å²) in [5.74, 6) is 1.34. The van der Waals surface area contributed by atoms with Crippen LogP contribution in [-0.4, -0.2) is 31.5 Å². The fourth-order valence-electron chi connectivity index (χ4n) is 2.64. The topological polar surface area (TPSA) is 75.3 Å². The maximum atomic E-state index is 10.3. The smallest absolute Gasteiger partial charge is 0.185 e. The molecule has 0 bridgehead atoms. The Morgan fingerprint density at radius 3 is 2.36 bits per heavy atom. The highest BCUT2D eigenvalue weighted by molar-refractivity contribution is 5.59. The van der Waals surface area contributed by atoms with E-state index in [4.69, 9.17) is 0 Å². The predicted octanol–water partition coefficient (Wildman–Crippen LogP) is 2.94. The molecule has 2 aromatic carbocycles. The highest BCUT2D eigenvalue weighted by atomic mass is 16.3.